The number of nitrogens with zero attached hydrogens (tertiary/aromatic N) is 3. The lowest BCUT2D eigenvalue weighted by atomic mass is 9.74. The van der Waals surface area contributed by atoms with Crippen molar-refractivity contribution in [3.63, 3.8) is 0 Å². The molecular formula is C21H28F3N3OS. The topological polar surface area (TPSA) is 28.6 Å². The number of hydrogen-bond donors (Lipinski definition) is 0. The quantitative estimate of drug-likeness (QED) is 0.662. The summed E-state index contributed by atoms with van der Waals surface area (Å²) in [5, 5.41) is 0. The van der Waals surface area contributed by atoms with E-state index in [1.165, 1.54) is 32.5 Å². The largest absolute Gasteiger partial charge is 0.399 e. The molecule has 160 valence electrons. The molecule has 3 aliphatic heterocycles. The standard InChI is InChI=1S/C21H28F3N3OS/c1-15-17(2-3-18(25-15)20(6-7-20)21(22,23)24)29-27-13-19(14-27)11-26(12-19)10-16-4-8-28-9-5-16/h2-3,16H,4-14H2,1H3. The van der Waals surface area contributed by atoms with E-state index in [0.717, 1.165) is 37.1 Å². The van der Waals surface area contributed by atoms with E-state index in [-0.39, 0.29) is 18.5 Å². The smallest absolute Gasteiger partial charge is 0.381 e. The minimum absolute atomic E-state index is 0.161. The Morgan fingerprint density at radius 3 is 2.41 bits per heavy atom. The van der Waals surface area contributed by atoms with Crippen molar-refractivity contribution in [3.8, 4) is 0 Å². The monoisotopic (exact) mass is 427 g/mol. The number of aromatic nitrogens is 1. The molecule has 1 spiro atoms. The molecule has 0 atom stereocenters. The molecule has 29 heavy (non-hydrogen) atoms. The van der Waals surface area contributed by atoms with Crippen LogP contribution in [0.5, 0.6) is 0 Å². The molecule has 4 fully saturated rings. The molecular weight excluding hydrogens is 399 g/mol. The van der Waals surface area contributed by atoms with Gasteiger partial charge in [-0.1, -0.05) is 0 Å². The Morgan fingerprint density at radius 1 is 1.14 bits per heavy atom. The molecule has 4 heterocycles. The highest BCUT2D eigenvalue weighted by Crippen LogP contribution is 2.58. The SMILES string of the molecule is Cc1nc(C2(C(F)(F)F)CC2)ccc1SN1CC2(CN(CC3CCOCC3)C2)C1. The van der Waals surface area contributed by atoms with Crippen molar-refractivity contribution in [1.82, 2.24) is 14.2 Å². The van der Waals surface area contributed by atoms with Crippen LogP contribution < -0.4 is 0 Å². The second kappa shape index (κ2) is 7.11. The Bertz CT molecular complexity index is 763. The predicted molar refractivity (Wildman–Crippen MR) is 106 cm³/mol. The summed E-state index contributed by atoms with van der Waals surface area (Å²) in [5.74, 6) is 0.783. The van der Waals surface area contributed by atoms with Crippen LogP contribution in [0.4, 0.5) is 13.2 Å². The van der Waals surface area contributed by atoms with Crippen LogP contribution in [0.25, 0.3) is 0 Å². The number of alkyl halides is 3. The average molecular weight is 428 g/mol. The first-order valence-electron chi connectivity index (χ1n) is 10.6. The summed E-state index contributed by atoms with van der Waals surface area (Å²) < 4.78 is 47.8. The van der Waals surface area contributed by atoms with Crippen LogP contribution in [0.1, 0.15) is 37.1 Å². The minimum Gasteiger partial charge on any atom is -0.381 e. The summed E-state index contributed by atoms with van der Waals surface area (Å²) in [4.78, 5) is 7.89. The number of halogens is 3. The van der Waals surface area contributed by atoms with Crippen molar-refractivity contribution in [2.75, 3.05) is 45.9 Å². The van der Waals surface area contributed by atoms with E-state index in [0.29, 0.717) is 11.1 Å². The van der Waals surface area contributed by atoms with Gasteiger partial charge in [0.1, 0.15) is 5.41 Å². The molecule has 1 saturated carbocycles. The van der Waals surface area contributed by atoms with E-state index >= 15 is 0 Å². The zero-order chi connectivity index (χ0) is 20.3. The highest BCUT2D eigenvalue weighted by atomic mass is 32.2. The van der Waals surface area contributed by atoms with E-state index in [2.05, 4.69) is 14.2 Å². The summed E-state index contributed by atoms with van der Waals surface area (Å²) in [6.07, 6.45) is -1.51. The van der Waals surface area contributed by atoms with Gasteiger partial charge in [-0.15, -0.1) is 0 Å². The molecule has 4 nitrogen and oxygen atoms in total. The number of ether oxygens (including phenoxy) is 1. The summed E-state index contributed by atoms with van der Waals surface area (Å²) in [6, 6.07) is 3.42. The predicted octanol–water partition coefficient (Wildman–Crippen LogP) is 4.04. The van der Waals surface area contributed by atoms with Gasteiger partial charge in [-0.25, -0.2) is 4.31 Å². The fraction of sp³-hybridized carbons (Fsp3) is 0.762. The third kappa shape index (κ3) is 3.70. The first-order valence-corrected chi connectivity index (χ1v) is 11.3. The molecule has 0 unspecified atom stereocenters. The van der Waals surface area contributed by atoms with Gasteiger partial charge in [-0.05, 0) is 62.6 Å². The third-order valence-corrected chi connectivity index (χ3v) is 8.19. The zero-order valence-corrected chi connectivity index (χ0v) is 17.6. The summed E-state index contributed by atoms with van der Waals surface area (Å²) in [6.45, 7) is 9.29. The van der Waals surface area contributed by atoms with Gasteiger partial charge in [0.25, 0.3) is 0 Å². The van der Waals surface area contributed by atoms with E-state index in [1.807, 2.05) is 13.0 Å². The van der Waals surface area contributed by atoms with Crippen molar-refractivity contribution in [3.05, 3.63) is 23.5 Å². The minimum atomic E-state index is -4.20. The molecule has 0 N–H and O–H groups in total. The van der Waals surface area contributed by atoms with Crippen LogP contribution in [0, 0.1) is 18.3 Å². The molecule has 0 amide bonds. The third-order valence-electron chi connectivity index (χ3n) is 7.05. The van der Waals surface area contributed by atoms with Gasteiger partial charge >= 0.3 is 6.18 Å². The second-order valence-electron chi connectivity index (χ2n) is 9.47. The first-order chi connectivity index (χ1) is 13.8. The lowest BCUT2D eigenvalue weighted by Crippen LogP contribution is -2.70. The highest BCUT2D eigenvalue weighted by Gasteiger charge is 2.65. The van der Waals surface area contributed by atoms with Gasteiger partial charge < -0.3 is 9.64 Å². The number of rotatable bonds is 5. The van der Waals surface area contributed by atoms with Crippen LogP contribution in [0.3, 0.4) is 0 Å². The summed E-state index contributed by atoms with van der Waals surface area (Å²) in [5.41, 5.74) is -0.372. The molecule has 1 aliphatic carbocycles. The zero-order valence-electron chi connectivity index (χ0n) is 16.8. The normalized spacial score (nSPS) is 26.9. The Kier molecular flexibility index (Phi) is 4.92. The Morgan fingerprint density at radius 2 is 1.83 bits per heavy atom. The second-order valence-corrected chi connectivity index (χ2v) is 10.6. The number of likely N-dealkylation sites (tertiary alicyclic amines) is 1. The summed E-state index contributed by atoms with van der Waals surface area (Å²) >= 11 is 1.65. The van der Waals surface area contributed by atoms with Gasteiger partial charge in [0.2, 0.25) is 0 Å². The molecule has 1 aromatic rings. The number of aryl methyl sites for hydroxylation is 1. The molecule has 0 radical (unpaired) electrons. The van der Waals surface area contributed by atoms with E-state index < -0.39 is 11.6 Å². The summed E-state index contributed by atoms with van der Waals surface area (Å²) in [7, 11) is 0. The molecule has 3 saturated heterocycles. The van der Waals surface area contributed by atoms with Gasteiger partial charge in [-0.3, -0.25) is 4.98 Å². The Labute approximate surface area is 174 Å². The fourth-order valence-corrected chi connectivity index (χ4v) is 6.41. The van der Waals surface area contributed by atoms with Crippen molar-refractivity contribution in [1.29, 1.82) is 0 Å². The molecule has 0 aromatic carbocycles. The van der Waals surface area contributed by atoms with Crippen molar-refractivity contribution >= 4 is 11.9 Å². The van der Waals surface area contributed by atoms with Crippen molar-refractivity contribution < 1.29 is 17.9 Å². The van der Waals surface area contributed by atoms with Gasteiger partial charge in [-0.2, -0.15) is 13.2 Å². The van der Waals surface area contributed by atoms with Crippen LogP contribution in [0.15, 0.2) is 17.0 Å². The lowest BCUT2D eigenvalue weighted by molar-refractivity contribution is -0.161. The number of hydrogen-bond acceptors (Lipinski definition) is 5. The maximum Gasteiger partial charge on any atom is 0.399 e. The molecule has 4 aliphatic rings. The van der Waals surface area contributed by atoms with Crippen LogP contribution in [-0.2, 0) is 10.2 Å². The first kappa shape index (κ1) is 20.1. The van der Waals surface area contributed by atoms with Crippen molar-refractivity contribution in [2.45, 2.75) is 49.1 Å². The van der Waals surface area contributed by atoms with E-state index in [1.54, 1.807) is 18.0 Å². The average Bonchev–Trinajstić information content (AvgIpc) is 3.42. The molecule has 5 rings (SSSR count). The van der Waals surface area contributed by atoms with Crippen LogP contribution >= 0.6 is 11.9 Å². The maximum atomic E-state index is 13.3. The Balaban J connectivity index is 1.12. The van der Waals surface area contributed by atoms with Gasteiger partial charge in [0, 0.05) is 56.2 Å². The fourth-order valence-electron chi connectivity index (χ4n) is 5.15. The molecule has 8 heteroatoms. The Hall–Kier alpha value is -0.830. The van der Waals surface area contributed by atoms with Crippen molar-refractivity contribution in [2.24, 2.45) is 11.3 Å². The molecule has 1 aromatic heterocycles. The van der Waals surface area contributed by atoms with Gasteiger partial charge in [0.05, 0.1) is 11.4 Å². The highest BCUT2D eigenvalue weighted by molar-refractivity contribution is 7.97. The lowest BCUT2D eigenvalue weighted by Gasteiger charge is -2.60. The molecule has 0 bridgehead atoms. The number of pyridine rings is 1. The van der Waals surface area contributed by atoms with E-state index in [9.17, 15) is 13.2 Å². The van der Waals surface area contributed by atoms with Crippen LogP contribution in [0.2, 0.25) is 0 Å². The van der Waals surface area contributed by atoms with Crippen LogP contribution in [-0.4, -0.2) is 66.3 Å². The maximum absolute atomic E-state index is 13.3. The van der Waals surface area contributed by atoms with Gasteiger partial charge in [0.15, 0.2) is 0 Å². The van der Waals surface area contributed by atoms with E-state index in [4.69, 9.17) is 4.74 Å².